The number of aromatic amines is 2. The molecule has 0 saturated carbocycles. The molecule has 0 saturated heterocycles. The van der Waals surface area contributed by atoms with Gasteiger partial charge in [-0.05, 0) is 18.9 Å². The molecule has 10 nitrogen and oxygen atoms in total. The summed E-state index contributed by atoms with van der Waals surface area (Å²) in [6.07, 6.45) is 1.57. The molecule has 2 N–H and O–H groups in total. The van der Waals surface area contributed by atoms with Gasteiger partial charge in [0.15, 0.2) is 5.69 Å². The molecule has 3 rings (SSSR count). The van der Waals surface area contributed by atoms with Gasteiger partial charge in [0.1, 0.15) is 10.6 Å². The van der Waals surface area contributed by atoms with E-state index < -0.39 is 16.1 Å². The van der Waals surface area contributed by atoms with Gasteiger partial charge in [0, 0.05) is 25.2 Å². The number of hydrogen-bond donors (Lipinski definition) is 2. The van der Waals surface area contributed by atoms with Crippen LogP contribution in [0.4, 0.5) is 0 Å². The number of rotatable bonds is 6. The molecular weight excluding hydrogens is 449 g/mol. The van der Waals surface area contributed by atoms with Crippen LogP contribution in [0, 0.1) is 0 Å². The maximum absolute atomic E-state index is 12.3. The van der Waals surface area contributed by atoms with Crippen LogP contribution in [0.5, 0.6) is 5.88 Å². The van der Waals surface area contributed by atoms with Gasteiger partial charge in [-0.15, -0.1) is 16.7 Å². The minimum absolute atomic E-state index is 0.0279. The molecule has 1 atom stereocenters. The van der Waals surface area contributed by atoms with Gasteiger partial charge >= 0.3 is 5.69 Å². The zero-order valence-corrected chi connectivity index (χ0v) is 18.8. The van der Waals surface area contributed by atoms with Crippen molar-refractivity contribution in [2.24, 2.45) is 0 Å². The van der Waals surface area contributed by atoms with E-state index in [1.165, 1.54) is 19.3 Å². The van der Waals surface area contributed by atoms with Crippen molar-refractivity contribution in [3.63, 3.8) is 0 Å². The highest BCUT2D eigenvalue weighted by Gasteiger charge is 2.37. The van der Waals surface area contributed by atoms with Crippen LogP contribution >= 0.6 is 23.2 Å². The summed E-state index contributed by atoms with van der Waals surface area (Å²) in [6, 6.07) is 1.53. The lowest BCUT2D eigenvalue weighted by atomic mass is 9.96. The Morgan fingerprint density at radius 3 is 2.61 bits per heavy atom. The van der Waals surface area contributed by atoms with Crippen molar-refractivity contribution < 1.29 is 9.47 Å². The number of aromatic nitrogens is 5. The molecule has 1 aliphatic rings. The van der Waals surface area contributed by atoms with Crippen molar-refractivity contribution in [3.8, 4) is 5.88 Å². The monoisotopic (exact) mass is 469 g/mol. The lowest BCUT2D eigenvalue weighted by Crippen LogP contribution is -2.37. The predicted molar refractivity (Wildman–Crippen MR) is 115 cm³/mol. The Labute approximate surface area is 186 Å². The van der Waals surface area contributed by atoms with E-state index in [9.17, 15) is 14.4 Å². The van der Waals surface area contributed by atoms with Crippen molar-refractivity contribution in [2.75, 3.05) is 7.11 Å². The summed E-state index contributed by atoms with van der Waals surface area (Å²) in [4.78, 5) is 37.1. The SMILES string of the molecule is COCc1nn(C2=CC(Cl)=C(Oc3cc(C(C)C)c(=O)[nH]n3)C(C)(Cl)C2)c(=O)[nH]c1=O. The minimum atomic E-state index is -1.17. The van der Waals surface area contributed by atoms with Crippen molar-refractivity contribution in [1.82, 2.24) is 25.0 Å². The molecule has 2 heterocycles. The molecular formula is C19H21Cl2N5O5. The fraction of sp³-hybridized carbons (Fsp3) is 0.421. The molecule has 1 aliphatic carbocycles. The van der Waals surface area contributed by atoms with Gasteiger partial charge in [-0.3, -0.25) is 14.6 Å². The molecule has 2 aromatic heterocycles. The van der Waals surface area contributed by atoms with Crippen molar-refractivity contribution in [1.29, 1.82) is 0 Å². The van der Waals surface area contributed by atoms with Crippen molar-refractivity contribution >= 4 is 28.9 Å². The number of H-pyrrole nitrogens is 2. The summed E-state index contributed by atoms with van der Waals surface area (Å²) in [7, 11) is 1.41. The van der Waals surface area contributed by atoms with E-state index in [1.807, 2.05) is 13.8 Å². The standard InChI is InChI=1S/C19H21Cl2N5O5/c1-9(2)11-6-14(23-24-16(11)27)31-15-12(20)5-10(7-19(15,3)21)26-18(29)22-17(28)13(25-26)8-30-4/h5-6,9H,7-8H2,1-4H3,(H,24,27)(H,22,28,29). The van der Waals surface area contributed by atoms with E-state index in [1.54, 1.807) is 6.92 Å². The van der Waals surface area contributed by atoms with Gasteiger partial charge in [0.05, 0.1) is 17.3 Å². The first-order valence-electron chi connectivity index (χ1n) is 9.32. The van der Waals surface area contributed by atoms with E-state index in [0.29, 0.717) is 11.3 Å². The van der Waals surface area contributed by atoms with Gasteiger partial charge in [0.2, 0.25) is 5.88 Å². The highest BCUT2D eigenvalue weighted by molar-refractivity contribution is 6.34. The minimum Gasteiger partial charge on any atom is -0.439 e. The third-order valence-electron chi connectivity index (χ3n) is 4.58. The van der Waals surface area contributed by atoms with Gasteiger partial charge in [-0.1, -0.05) is 25.4 Å². The number of nitrogens with zero attached hydrogens (tertiary/aromatic N) is 3. The first kappa shape index (κ1) is 23.0. The number of allylic oxidation sites excluding steroid dienone is 4. The van der Waals surface area contributed by atoms with E-state index in [-0.39, 0.29) is 46.9 Å². The molecule has 166 valence electrons. The van der Waals surface area contributed by atoms with E-state index in [4.69, 9.17) is 32.7 Å². The molecule has 0 aliphatic heterocycles. The Morgan fingerprint density at radius 1 is 1.29 bits per heavy atom. The molecule has 1 unspecified atom stereocenters. The molecule has 2 aromatic rings. The summed E-state index contributed by atoms with van der Waals surface area (Å²) in [6.45, 7) is 5.32. The smallest absolute Gasteiger partial charge is 0.349 e. The van der Waals surface area contributed by atoms with Crippen LogP contribution in [0.15, 0.2) is 37.3 Å². The lowest BCUT2D eigenvalue weighted by molar-refractivity contribution is 0.178. The zero-order valence-electron chi connectivity index (χ0n) is 17.3. The summed E-state index contributed by atoms with van der Waals surface area (Å²) in [5.74, 6) is 0.281. The zero-order chi connectivity index (χ0) is 22.9. The summed E-state index contributed by atoms with van der Waals surface area (Å²) in [5.41, 5.74) is -0.798. The molecule has 0 fully saturated rings. The predicted octanol–water partition coefficient (Wildman–Crippen LogP) is 2.06. The summed E-state index contributed by atoms with van der Waals surface area (Å²) >= 11 is 13.1. The maximum Gasteiger partial charge on any atom is 0.349 e. The average Bonchev–Trinajstić information content (AvgIpc) is 2.67. The normalized spacial score (nSPS) is 19.0. The Hall–Kier alpha value is -2.69. The molecule has 0 aromatic carbocycles. The van der Waals surface area contributed by atoms with E-state index in [2.05, 4.69) is 20.3 Å². The first-order valence-corrected chi connectivity index (χ1v) is 10.1. The molecule has 31 heavy (non-hydrogen) atoms. The summed E-state index contributed by atoms with van der Waals surface area (Å²) in [5, 5.41) is 10.5. The van der Waals surface area contributed by atoms with Crippen LogP contribution in [0.1, 0.15) is 44.4 Å². The highest BCUT2D eigenvalue weighted by Crippen LogP contribution is 2.41. The first-order chi connectivity index (χ1) is 14.5. The summed E-state index contributed by atoms with van der Waals surface area (Å²) < 4.78 is 11.8. The lowest BCUT2D eigenvalue weighted by Gasteiger charge is -2.30. The topological polar surface area (TPSA) is 132 Å². The third kappa shape index (κ3) is 4.81. The molecule has 0 amide bonds. The van der Waals surface area contributed by atoms with Crippen LogP contribution < -0.4 is 21.5 Å². The molecule has 12 heteroatoms. The largest absolute Gasteiger partial charge is 0.439 e. The van der Waals surface area contributed by atoms with Crippen LogP contribution in [-0.4, -0.2) is 36.9 Å². The van der Waals surface area contributed by atoms with E-state index >= 15 is 0 Å². The van der Waals surface area contributed by atoms with Gasteiger partial charge in [0.25, 0.3) is 11.1 Å². The maximum atomic E-state index is 12.3. The Morgan fingerprint density at radius 2 is 2.00 bits per heavy atom. The number of halogens is 2. The van der Waals surface area contributed by atoms with Gasteiger partial charge in [-0.25, -0.2) is 9.89 Å². The molecule has 0 bridgehead atoms. The average molecular weight is 470 g/mol. The Kier molecular flexibility index (Phi) is 6.54. The van der Waals surface area contributed by atoms with Gasteiger partial charge < -0.3 is 9.47 Å². The fourth-order valence-corrected chi connectivity index (χ4v) is 3.77. The van der Waals surface area contributed by atoms with Crippen molar-refractivity contribution in [3.05, 3.63) is 65.4 Å². The quantitative estimate of drug-likeness (QED) is 0.618. The number of methoxy groups -OCH3 is 1. The van der Waals surface area contributed by atoms with Crippen molar-refractivity contribution in [2.45, 2.75) is 44.6 Å². The number of alkyl halides is 1. The van der Waals surface area contributed by atoms with E-state index in [0.717, 1.165) is 4.68 Å². The Balaban J connectivity index is 2.04. The second kappa shape index (κ2) is 8.81. The molecule has 0 radical (unpaired) electrons. The van der Waals surface area contributed by atoms with Crippen LogP contribution in [-0.2, 0) is 11.3 Å². The highest BCUT2D eigenvalue weighted by atomic mass is 35.5. The second-order valence-corrected chi connectivity index (χ2v) is 8.73. The van der Waals surface area contributed by atoms with Crippen LogP contribution in [0.2, 0.25) is 0 Å². The molecule has 0 spiro atoms. The fourth-order valence-electron chi connectivity index (χ4n) is 3.07. The second-order valence-electron chi connectivity index (χ2n) is 7.49. The van der Waals surface area contributed by atoms with Crippen LogP contribution in [0.25, 0.3) is 5.70 Å². The van der Waals surface area contributed by atoms with Gasteiger partial charge in [-0.2, -0.15) is 9.78 Å². The number of nitrogens with one attached hydrogen (secondary N) is 2. The Bertz CT molecular complexity index is 1240. The number of hydrogen-bond acceptors (Lipinski definition) is 7. The number of ether oxygens (including phenoxy) is 2. The van der Waals surface area contributed by atoms with Crippen LogP contribution in [0.3, 0.4) is 0 Å². The third-order valence-corrected chi connectivity index (χ3v) is 5.17.